The highest BCUT2D eigenvalue weighted by Crippen LogP contribution is 2.29. The summed E-state index contributed by atoms with van der Waals surface area (Å²) in [7, 11) is 0. The number of imide groups is 2. The summed E-state index contributed by atoms with van der Waals surface area (Å²) in [6.45, 7) is 4.80. The zero-order valence-corrected chi connectivity index (χ0v) is 32.2. The monoisotopic (exact) mass is 793 g/mol. The zero-order chi connectivity index (χ0) is 41.0. The van der Waals surface area contributed by atoms with Crippen LogP contribution in [0.2, 0.25) is 0 Å². The number of benzene rings is 3. The van der Waals surface area contributed by atoms with Crippen LogP contribution in [0.15, 0.2) is 72.9 Å². The van der Waals surface area contributed by atoms with Gasteiger partial charge in [-0.3, -0.25) is 44.1 Å². The van der Waals surface area contributed by atoms with Crippen molar-refractivity contribution in [2.45, 2.75) is 77.4 Å². The van der Waals surface area contributed by atoms with Crippen molar-refractivity contribution in [1.82, 2.24) is 35.6 Å². The molecule has 7 amide bonds. The van der Waals surface area contributed by atoms with Gasteiger partial charge >= 0.3 is 6.03 Å². The molecule has 1 atom stereocenters. The van der Waals surface area contributed by atoms with Gasteiger partial charge in [-0.05, 0) is 98.7 Å². The van der Waals surface area contributed by atoms with Crippen molar-refractivity contribution in [2.24, 2.45) is 0 Å². The Bertz CT molecular complexity index is 2120. The molecule has 1 saturated heterocycles. The molecule has 6 rings (SSSR count). The topological polar surface area (TPSA) is 217 Å². The zero-order valence-electron chi connectivity index (χ0n) is 32.2. The standard InChI is InChI=1S/C41H47N9O8/c1-2-3-21-48(25-27-8-10-28(11-9-27)37(52)46-57)41(56)43-29-12-15-32(16-13-29)58-23-5-4-22-49-26-31(45-47-49)7-6-20-42-30-14-17-33-34(24-30)40(55)50(39(33)54)35-18-19-36(51)44-38(35)53/h8-17,24,26,35,42,57H,2-7,18-23,25H2,1H3,(H,43,56)(H,46,52)(H,44,51,53). The Kier molecular flexibility index (Phi) is 13.8. The Labute approximate surface area is 335 Å². The van der Waals surface area contributed by atoms with E-state index in [-0.39, 0.29) is 30.0 Å². The van der Waals surface area contributed by atoms with Gasteiger partial charge in [0.05, 0.1) is 23.4 Å². The lowest BCUT2D eigenvalue weighted by atomic mass is 10.0. The van der Waals surface area contributed by atoms with Crippen LogP contribution in [0.5, 0.6) is 5.75 Å². The maximum Gasteiger partial charge on any atom is 0.322 e. The smallest absolute Gasteiger partial charge is 0.322 e. The van der Waals surface area contributed by atoms with Crippen molar-refractivity contribution in [3.05, 3.63) is 101 Å². The van der Waals surface area contributed by atoms with Gasteiger partial charge in [0.1, 0.15) is 11.8 Å². The molecule has 0 spiro atoms. The number of amides is 7. The molecule has 3 heterocycles. The number of carbonyl (C=O) groups is 6. The molecular formula is C41H47N9O8. The van der Waals surface area contributed by atoms with Crippen molar-refractivity contribution < 1.29 is 38.7 Å². The Hall–Kier alpha value is -6.62. The Balaban J connectivity index is 0.869. The van der Waals surface area contributed by atoms with Gasteiger partial charge in [0.15, 0.2) is 0 Å². The number of unbranched alkanes of at least 4 members (excludes halogenated alkanes) is 2. The van der Waals surface area contributed by atoms with E-state index in [1.165, 1.54) is 0 Å². The number of hydrogen-bond donors (Lipinski definition) is 5. The van der Waals surface area contributed by atoms with Gasteiger partial charge in [0.2, 0.25) is 11.8 Å². The number of nitrogens with one attached hydrogen (secondary N) is 4. The van der Waals surface area contributed by atoms with Crippen LogP contribution in [0.4, 0.5) is 16.2 Å². The van der Waals surface area contributed by atoms with E-state index in [0.717, 1.165) is 48.3 Å². The molecule has 58 heavy (non-hydrogen) atoms. The number of rotatable bonds is 19. The van der Waals surface area contributed by atoms with Gasteiger partial charge in [0.25, 0.3) is 17.7 Å². The summed E-state index contributed by atoms with van der Waals surface area (Å²) >= 11 is 0. The second kappa shape index (κ2) is 19.5. The van der Waals surface area contributed by atoms with E-state index in [1.807, 2.05) is 23.0 Å². The fourth-order valence-corrected chi connectivity index (χ4v) is 6.70. The van der Waals surface area contributed by atoms with Gasteiger partial charge in [-0.1, -0.05) is 30.7 Å². The molecule has 4 aromatic rings. The minimum atomic E-state index is -0.999. The summed E-state index contributed by atoms with van der Waals surface area (Å²) in [6, 6.07) is 17.6. The Morgan fingerprint density at radius 3 is 2.43 bits per heavy atom. The first kappa shape index (κ1) is 41.0. The van der Waals surface area contributed by atoms with E-state index >= 15 is 0 Å². The molecule has 2 aliphatic heterocycles. The minimum absolute atomic E-state index is 0.0694. The lowest BCUT2D eigenvalue weighted by Crippen LogP contribution is -2.54. The van der Waals surface area contributed by atoms with Crippen molar-refractivity contribution in [1.29, 1.82) is 0 Å². The highest BCUT2D eigenvalue weighted by atomic mass is 16.5. The first-order chi connectivity index (χ1) is 28.1. The molecule has 304 valence electrons. The highest BCUT2D eigenvalue weighted by Gasteiger charge is 2.44. The number of anilines is 2. The second-order valence-corrected chi connectivity index (χ2v) is 14.1. The number of aromatic nitrogens is 3. The number of ether oxygens (including phenoxy) is 1. The fraction of sp³-hybridized carbons (Fsp3) is 0.366. The van der Waals surface area contributed by atoms with Crippen molar-refractivity contribution in [3.8, 4) is 5.75 Å². The lowest BCUT2D eigenvalue weighted by molar-refractivity contribution is -0.136. The molecule has 1 aromatic heterocycles. The normalized spacial score (nSPS) is 14.9. The van der Waals surface area contributed by atoms with Crippen molar-refractivity contribution in [2.75, 3.05) is 30.3 Å². The minimum Gasteiger partial charge on any atom is -0.494 e. The number of urea groups is 1. The third kappa shape index (κ3) is 10.4. The molecule has 0 saturated carbocycles. The fourth-order valence-electron chi connectivity index (χ4n) is 6.70. The second-order valence-electron chi connectivity index (χ2n) is 14.1. The maximum atomic E-state index is 13.2. The number of carbonyl (C=O) groups excluding carboxylic acids is 6. The van der Waals surface area contributed by atoms with Crippen LogP contribution < -0.4 is 26.2 Å². The molecule has 1 fully saturated rings. The highest BCUT2D eigenvalue weighted by molar-refractivity contribution is 6.23. The summed E-state index contributed by atoms with van der Waals surface area (Å²) < 4.78 is 7.73. The molecule has 3 aromatic carbocycles. The van der Waals surface area contributed by atoms with E-state index in [9.17, 15) is 28.8 Å². The van der Waals surface area contributed by atoms with Gasteiger partial charge in [-0.25, -0.2) is 10.3 Å². The summed E-state index contributed by atoms with van der Waals surface area (Å²) in [6.07, 6.45) is 6.96. The molecular weight excluding hydrogens is 747 g/mol. The predicted octanol–water partition coefficient (Wildman–Crippen LogP) is 4.54. The molecule has 17 heteroatoms. The van der Waals surface area contributed by atoms with Gasteiger partial charge in [0, 0.05) is 55.7 Å². The van der Waals surface area contributed by atoms with E-state index in [2.05, 4.69) is 33.2 Å². The van der Waals surface area contributed by atoms with Gasteiger partial charge in [-0.15, -0.1) is 5.10 Å². The van der Waals surface area contributed by atoms with Crippen molar-refractivity contribution >= 4 is 46.9 Å². The van der Waals surface area contributed by atoms with Crippen molar-refractivity contribution in [3.63, 3.8) is 0 Å². The predicted molar refractivity (Wildman–Crippen MR) is 211 cm³/mol. The summed E-state index contributed by atoms with van der Waals surface area (Å²) in [4.78, 5) is 77.3. The van der Waals surface area contributed by atoms with E-state index in [4.69, 9.17) is 9.94 Å². The van der Waals surface area contributed by atoms with Crippen LogP contribution in [0.25, 0.3) is 0 Å². The Morgan fingerprint density at radius 1 is 0.931 bits per heavy atom. The number of aryl methyl sites for hydroxylation is 2. The summed E-state index contributed by atoms with van der Waals surface area (Å²) in [5, 5.41) is 25.8. The van der Waals surface area contributed by atoms with Crippen LogP contribution in [0.3, 0.4) is 0 Å². The van der Waals surface area contributed by atoms with Gasteiger partial charge in [-0.2, -0.15) is 0 Å². The number of hydroxylamine groups is 1. The number of fused-ring (bicyclic) bond motifs is 1. The molecule has 0 bridgehead atoms. The maximum absolute atomic E-state index is 13.2. The van der Waals surface area contributed by atoms with Gasteiger partial charge < -0.3 is 20.3 Å². The number of nitrogens with zero attached hydrogens (tertiary/aromatic N) is 5. The third-order valence-electron chi connectivity index (χ3n) is 9.88. The largest absolute Gasteiger partial charge is 0.494 e. The first-order valence-corrected chi connectivity index (χ1v) is 19.4. The average Bonchev–Trinajstić information content (AvgIpc) is 3.78. The molecule has 17 nitrogen and oxygen atoms in total. The number of hydrogen-bond acceptors (Lipinski definition) is 11. The molecule has 5 N–H and O–H groups in total. The molecule has 1 unspecified atom stereocenters. The quantitative estimate of drug-likeness (QED) is 0.0385. The van der Waals surface area contributed by atoms with E-state index in [0.29, 0.717) is 61.9 Å². The SMILES string of the molecule is CCCCN(Cc1ccc(C(=O)NO)cc1)C(=O)Nc1ccc(OCCCCn2cc(CCCNc3ccc4c(c3)C(=O)N(C3CCC(=O)NC3=O)C4=O)nn2)cc1. The lowest BCUT2D eigenvalue weighted by Gasteiger charge is -2.27. The van der Waals surface area contributed by atoms with Crippen LogP contribution >= 0.6 is 0 Å². The van der Waals surface area contributed by atoms with E-state index in [1.54, 1.807) is 65.0 Å². The summed E-state index contributed by atoms with van der Waals surface area (Å²) in [5.74, 6) is -2.03. The van der Waals surface area contributed by atoms with Crippen LogP contribution in [-0.2, 0) is 29.1 Å². The van der Waals surface area contributed by atoms with Crippen LogP contribution in [0.1, 0.15) is 94.2 Å². The summed E-state index contributed by atoms with van der Waals surface area (Å²) in [5.41, 5.74) is 5.44. The molecule has 0 aliphatic carbocycles. The van der Waals surface area contributed by atoms with E-state index < -0.39 is 35.6 Å². The third-order valence-corrected chi connectivity index (χ3v) is 9.88. The van der Waals surface area contributed by atoms with Crippen LogP contribution in [0, 0.1) is 0 Å². The Morgan fingerprint density at radius 2 is 1.69 bits per heavy atom. The average molecular weight is 794 g/mol. The van der Waals surface area contributed by atoms with Crippen LogP contribution in [-0.4, -0.2) is 91.3 Å². The first-order valence-electron chi connectivity index (χ1n) is 19.4. The molecule has 0 radical (unpaired) electrons. The molecule has 2 aliphatic rings. The number of piperidine rings is 1.